The van der Waals surface area contributed by atoms with Gasteiger partial charge in [0.1, 0.15) is 11.5 Å². The molecule has 2 aromatic heterocycles. The predicted molar refractivity (Wildman–Crippen MR) is 110 cm³/mol. The number of phenols is 2. The number of nitrogens with zero attached hydrogens (tertiary/aromatic N) is 4. The molecule has 0 saturated carbocycles. The van der Waals surface area contributed by atoms with Crippen molar-refractivity contribution in [2.75, 3.05) is 0 Å². The summed E-state index contributed by atoms with van der Waals surface area (Å²) in [4.78, 5) is 18.1. The number of hydrogen-bond donors (Lipinski definition) is 2. The van der Waals surface area contributed by atoms with Gasteiger partial charge < -0.3 is 10.2 Å². The minimum absolute atomic E-state index is 0. The van der Waals surface area contributed by atoms with E-state index in [2.05, 4.69) is 9.97 Å². The monoisotopic (exact) mass is 579 g/mol. The molecule has 2 heterocycles. The standard InChI is InChI=1S/C23H20N4O2.Pt/c1-23(2,21-13-24-11-17(26-21)15-7-3-5-9-19(15)28)22-14-25-12-18(27-22)16-8-4-6-10-20(16)29;/h3-14,28-29H,1-2H3;. The van der Waals surface area contributed by atoms with E-state index in [1.165, 1.54) is 0 Å². The van der Waals surface area contributed by atoms with Crippen molar-refractivity contribution in [3.8, 4) is 34.0 Å². The second-order valence-corrected chi connectivity index (χ2v) is 7.24. The van der Waals surface area contributed by atoms with Crippen LogP contribution in [0.5, 0.6) is 11.5 Å². The SMILES string of the molecule is CC(C)(c1cncc(-c2ccccc2O)n1)c1cncc(-c2ccccc2O)n1.[Pt]. The van der Waals surface area contributed by atoms with Crippen molar-refractivity contribution in [3.05, 3.63) is 84.7 Å². The molecule has 2 aromatic carbocycles. The summed E-state index contributed by atoms with van der Waals surface area (Å²) in [6.07, 6.45) is 6.63. The Hall–Kier alpha value is -3.11. The molecule has 0 saturated heterocycles. The molecule has 0 fully saturated rings. The number of aromatic hydroxyl groups is 2. The number of rotatable bonds is 4. The molecule has 0 bridgehead atoms. The summed E-state index contributed by atoms with van der Waals surface area (Å²) >= 11 is 0. The molecule has 2 N–H and O–H groups in total. The van der Waals surface area contributed by atoms with Crippen LogP contribution in [-0.4, -0.2) is 30.1 Å². The first-order valence-electron chi connectivity index (χ1n) is 9.18. The Labute approximate surface area is 189 Å². The molecule has 0 radical (unpaired) electrons. The average Bonchev–Trinajstić information content (AvgIpc) is 2.74. The van der Waals surface area contributed by atoms with Crippen LogP contribution >= 0.6 is 0 Å². The zero-order valence-corrected chi connectivity index (χ0v) is 18.7. The van der Waals surface area contributed by atoms with Gasteiger partial charge in [-0.05, 0) is 38.1 Å². The van der Waals surface area contributed by atoms with Gasteiger partial charge in [0.15, 0.2) is 0 Å². The zero-order valence-electron chi connectivity index (χ0n) is 16.4. The van der Waals surface area contributed by atoms with E-state index in [0.29, 0.717) is 33.9 Å². The minimum Gasteiger partial charge on any atom is -0.507 e. The third-order valence-electron chi connectivity index (χ3n) is 4.91. The molecular weight excluding hydrogens is 559 g/mol. The third-order valence-corrected chi connectivity index (χ3v) is 4.91. The second-order valence-electron chi connectivity index (χ2n) is 7.24. The van der Waals surface area contributed by atoms with Crippen LogP contribution in [-0.2, 0) is 26.5 Å². The molecular formula is C23H20N4O2Pt. The maximum absolute atomic E-state index is 10.1. The molecule has 0 aliphatic heterocycles. The van der Waals surface area contributed by atoms with Crippen molar-refractivity contribution in [2.24, 2.45) is 0 Å². The van der Waals surface area contributed by atoms with Gasteiger partial charge in [-0.25, -0.2) is 9.97 Å². The van der Waals surface area contributed by atoms with Crippen molar-refractivity contribution < 1.29 is 31.3 Å². The van der Waals surface area contributed by atoms with E-state index in [4.69, 9.17) is 9.97 Å². The van der Waals surface area contributed by atoms with E-state index >= 15 is 0 Å². The third kappa shape index (κ3) is 4.10. The number of benzene rings is 2. The molecule has 0 aliphatic rings. The largest absolute Gasteiger partial charge is 0.507 e. The van der Waals surface area contributed by atoms with Gasteiger partial charge in [-0.3, -0.25) is 9.97 Å². The normalized spacial score (nSPS) is 11.0. The van der Waals surface area contributed by atoms with Crippen molar-refractivity contribution in [3.63, 3.8) is 0 Å². The van der Waals surface area contributed by atoms with Crippen LogP contribution in [0.25, 0.3) is 22.5 Å². The molecule has 154 valence electrons. The summed E-state index contributed by atoms with van der Waals surface area (Å²) < 4.78 is 0. The summed E-state index contributed by atoms with van der Waals surface area (Å²) in [6, 6.07) is 14.1. The molecule has 0 atom stereocenters. The van der Waals surface area contributed by atoms with Gasteiger partial charge in [0.2, 0.25) is 0 Å². The van der Waals surface area contributed by atoms with E-state index in [1.54, 1.807) is 61.2 Å². The van der Waals surface area contributed by atoms with Gasteiger partial charge in [-0.1, -0.05) is 24.3 Å². The molecule has 0 aliphatic carbocycles. The maximum atomic E-state index is 10.1. The second kappa shape index (κ2) is 8.72. The van der Waals surface area contributed by atoms with Crippen LogP contribution in [0.4, 0.5) is 0 Å². The van der Waals surface area contributed by atoms with Crippen LogP contribution in [0, 0.1) is 0 Å². The fourth-order valence-corrected chi connectivity index (χ4v) is 3.11. The Balaban J connectivity index is 0.00000256. The number of para-hydroxylation sites is 2. The van der Waals surface area contributed by atoms with Crippen molar-refractivity contribution >= 4 is 0 Å². The maximum Gasteiger partial charge on any atom is 0.125 e. The van der Waals surface area contributed by atoms with Gasteiger partial charge in [0.05, 0.1) is 40.6 Å². The molecule has 0 spiro atoms. The van der Waals surface area contributed by atoms with Gasteiger partial charge in [0, 0.05) is 44.6 Å². The molecule has 0 amide bonds. The number of aromatic nitrogens is 4. The zero-order chi connectivity index (χ0) is 20.4. The van der Waals surface area contributed by atoms with E-state index in [1.807, 2.05) is 26.0 Å². The first-order valence-corrected chi connectivity index (χ1v) is 9.18. The van der Waals surface area contributed by atoms with E-state index < -0.39 is 5.41 Å². The Morgan fingerprint density at radius 1 is 0.633 bits per heavy atom. The predicted octanol–water partition coefficient (Wildman–Crippen LogP) is 4.34. The van der Waals surface area contributed by atoms with Gasteiger partial charge in [-0.2, -0.15) is 0 Å². The minimum atomic E-state index is -0.596. The Morgan fingerprint density at radius 3 is 1.43 bits per heavy atom. The number of hydrogen-bond acceptors (Lipinski definition) is 6. The van der Waals surface area contributed by atoms with E-state index in [9.17, 15) is 10.2 Å². The van der Waals surface area contributed by atoms with Crippen LogP contribution < -0.4 is 0 Å². The van der Waals surface area contributed by atoms with Crippen molar-refractivity contribution in [2.45, 2.75) is 19.3 Å². The fraction of sp³-hybridized carbons (Fsp3) is 0.130. The van der Waals surface area contributed by atoms with Crippen LogP contribution in [0.1, 0.15) is 25.2 Å². The van der Waals surface area contributed by atoms with Gasteiger partial charge in [-0.15, -0.1) is 0 Å². The molecule has 4 aromatic rings. The van der Waals surface area contributed by atoms with E-state index in [0.717, 1.165) is 0 Å². The molecule has 6 nitrogen and oxygen atoms in total. The summed E-state index contributed by atoms with van der Waals surface area (Å²) in [7, 11) is 0. The number of phenolic OH excluding ortho intramolecular Hbond substituents is 2. The first kappa shape index (κ1) is 21.6. The van der Waals surface area contributed by atoms with Crippen molar-refractivity contribution in [1.29, 1.82) is 0 Å². The first-order chi connectivity index (χ1) is 14.0. The van der Waals surface area contributed by atoms with Crippen LogP contribution in [0.3, 0.4) is 0 Å². The smallest absolute Gasteiger partial charge is 0.125 e. The average molecular weight is 580 g/mol. The summed E-state index contributed by atoms with van der Waals surface area (Å²) in [5.41, 5.74) is 3.19. The fourth-order valence-electron chi connectivity index (χ4n) is 3.11. The van der Waals surface area contributed by atoms with Crippen molar-refractivity contribution in [1.82, 2.24) is 19.9 Å². The molecule has 7 heteroatoms. The van der Waals surface area contributed by atoms with Gasteiger partial charge in [0.25, 0.3) is 0 Å². The van der Waals surface area contributed by atoms with Crippen LogP contribution in [0.15, 0.2) is 73.3 Å². The topological polar surface area (TPSA) is 92.0 Å². The summed E-state index contributed by atoms with van der Waals surface area (Å²) in [6.45, 7) is 3.98. The Bertz CT molecular complexity index is 1090. The van der Waals surface area contributed by atoms with Crippen LogP contribution in [0.2, 0.25) is 0 Å². The molecule has 0 unspecified atom stereocenters. The van der Waals surface area contributed by atoms with E-state index in [-0.39, 0.29) is 32.6 Å². The Kier molecular flexibility index (Phi) is 6.28. The quantitative estimate of drug-likeness (QED) is 0.374. The van der Waals surface area contributed by atoms with Gasteiger partial charge >= 0.3 is 0 Å². The summed E-state index contributed by atoms with van der Waals surface area (Å²) in [5.74, 6) is 0.302. The molecule has 30 heavy (non-hydrogen) atoms. The summed E-state index contributed by atoms with van der Waals surface area (Å²) in [5, 5.41) is 20.3. The molecule has 4 rings (SSSR count). The Morgan fingerprint density at radius 2 is 1.03 bits per heavy atom.